The van der Waals surface area contributed by atoms with Crippen molar-refractivity contribution in [2.45, 2.75) is 25.9 Å². The van der Waals surface area contributed by atoms with Crippen LogP contribution in [0.1, 0.15) is 19.8 Å². The lowest BCUT2D eigenvalue weighted by Gasteiger charge is -2.15. The number of carbonyl (C=O) groups excluding carboxylic acids is 2. The van der Waals surface area contributed by atoms with E-state index in [2.05, 4.69) is 10.1 Å². The molecular formula is C10H17NO4. The molecule has 5 nitrogen and oxygen atoms in total. The molecule has 1 N–H and O–H groups in total. The molecule has 0 aromatic rings. The topological polar surface area (TPSA) is 64.6 Å². The molecule has 0 aliphatic carbocycles. The minimum atomic E-state index is -0.435. The molecule has 1 saturated heterocycles. The van der Waals surface area contributed by atoms with Gasteiger partial charge in [0.25, 0.3) is 0 Å². The third kappa shape index (κ3) is 3.20. The van der Waals surface area contributed by atoms with E-state index in [-0.39, 0.29) is 24.5 Å². The summed E-state index contributed by atoms with van der Waals surface area (Å²) in [6.07, 6.45) is 1.53. The van der Waals surface area contributed by atoms with Crippen molar-refractivity contribution in [3.05, 3.63) is 0 Å². The van der Waals surface area contributed by atoms with Crippen molar-refractivity contribution < 1.29 is 19.1 Å². The fraction of sp³-hybridized carbons (Fsp3) is 0.800. The van der Waals surface area contributed by atoms with E-state index in [1.54, 1.807) is 0 Å². The predicted molar refractivity (Wildman–Crippen MR) is 53.2 cm³/mol. The van der Waals surface area contributed by atoms with Crippen LogP contribution in [0, 0.1) is 5.92 Å². The second-order valence-electron chi connectivity index (χ2n) is 3.51. The Kier molecular flexibility index (Phi) is 4.55. The maximum Gasteiger partial charge on any atom is 0.325 e. The van der Waals surface area contributed by atoms with Gasteiger partial charge < -0.3 is 14.8 Å². The lowest BCUT2D eigenvalue weighted by atomic mass is 9.99. The summed E-state index contributed by atoms with van der Waals surface area (Å²) in [5, 5.41) is 2.55. The molecule has 0 spiro atoms. The number of amides is 1. The summed E-state index contributed by atoms with van der Waals surface area (Å²) in [6, 6.07) is 0. The Hall–Kier alpha value is -1.10. The largest absolute Gasteiger partial charge is 0.468 e. The molecule has 1 amide bonds. The number of esters is 1. The van der Waals surface area contributed by atoms with Crippen molar-refractivity contribution >= 4 is 11.9 Å². The molecule has 5 heteroatoms. The van der Waals surface area contributed by atoms with E-state index >= 15 is 0 Å². The molecule has 1 aliphatic rings. The molecule has 1 heterocycles. The summed E-state index contributed by atoms with van der Waals surface area (Å²) < 4.78 is 9.82. The van der Waals surface area contributed by atoms with Crippen molar-refractivity contribution in [3.8, 4) is 0 Å². The third-order valence-corrected chi connectivity index (χ3v) is 2.58. The van der Waals surface area contributed by atoms with Gasteiger partial charge in [0.1, 0.15) is 6.54 Å². The molecule has 2 atom stereocenters. The lowest BCUT2D eigenvalue weighted by Crippen LogP contribution is -2.38. The highest BCUT2D eigenvalue weighted by atomic mass is 16.5. The summed E-state index contributed by atoms with van der Waals surface area (Å²) in [4.78, 5) is 22.5. The highest BCUT2D eigenvalue weighted by Crippen LogP contribution is 2.23. The molecular weight excluding hydrogens is 198 g/mol. The van der Waals surface area contributed by atoms with Crippen LogP contribution in [0.4, 0.5) is 0 Å². The summed E-state index contributed by atoms with van der Waals surface area (Å²) in [6.45, 7) is 2.54. The number of carbonyl (C=O) groups is 2. The zero-order valence-corrected chi connectivity index (χ0v) is 9.12. The highest BCUT2D eigenvalue weighted by molar-refractivity contribution is 5.84. The molecule has 1 aliphatic heterocycles. The standard InChI is InChI=1S/C10H17NO4/c1-3-8-7(4-5-15-8)10(13)11-6-9(12)14-2/h7-8H,3-6H2,1-2H3,(H,11,13). The first-order valence-electron chi connectivity index (χ1n) is 5.15. The van der Waals surface area contributed by atoms with Crippen molar-refractivity contribution in [1.82, 2.24) is 5.32 Å². The zero-order valence-electron chi connectivity index (χ0n) is 9.12. The van der Waals surface area contributed by atoms with Gasteiger partial charge in [0.15, 0.2) is 0 Å². The number of methoxy groups -OCH3 is 1. The Labute approximate surface area is 89.1 Å². The first kappa shape index (κ1) is 12.0. The van der Waals surface area contributed by atoms with Crippen molar-refractivity contribution in [2.24, 2.45) is 5.92 Å². The van der Waals surface area contributed by atoms with E-state index in [1.807, 2.05) is 6.92 Å². The second kappa shape index (κ2) is 5.70. The number of nitrogens with one attached hydrogen (secondary N) is 1. The molecule has 86 valence electrons. The van der Waals surface area contributed by atoms with Gasteiger partial charge in [0.05, 0.1) is 19.1 Å². The molecule has 0 bridgehead atoms. The van der Waals surface area contributed by atoms with E-state index in [4.69, 9.17) is 4.74 Å². The summed E-state index contributed by atoms with van der Waals surface area (Å²) >= 11 is 0. The van der Waals surface area contributed by atoms with Gasteiger partial charge >= 0.3 is 5.97 Å². The number of rotatable bonds is 4. The molecule has 15 heavy (non-hydrogen) atoms. The van der Waals surface area contributed by atoms with Crippen LogP contribution in [0.15, 0.2) is 0 Å². The van der Waals surface area contributed by atoms with Gasteiger partial charge in [-0.1, -0.05) is 6.92 Å². The average molecular weight is 215 g/mol. The minimum absolute atomic E-state index is 0.0114. The zero-order chi connectivity index (χ0) is 11.3. The van der Waals surface area contributed by atoms with Crippen LogP contribution in [0.5, 0.6) is 0 Å². The summed E-state index contributed by atoms with van der Waals surface area (Å²) in [5.74, 6) is -0.681. The Bertz CT molecular complexity index is 242. The smallest absolute Gasteiger partial charge is 0.325 e. The van der Waals surface area contributed by atoms with Crippen LogP contribution in [-0.2, 0) is 19.1 Å². The first-order valence-corrected chi connectivity index (χ1v) is 5.15. The third-order valence-electron chi connectivity index (χ3n) is 2.58. The van der Waals surface area contributed by atoms with Gasteiger partial charge in [-0.15, -0.1) is 0 Å². The Morgan fingerprint density at radius 1 is 1.53 bits per heavy atom. The van der Waals surface area contributed by atoms with Crippen molar-refractivity contribution in [1.29, 1.82) is 0 Å². The van der Waals surface area contributed by atoms with Crippen molar-refractivity contribution in [3.63, 3.8) is 0 Å². The fourth-order valence-corrected chi connectivity index (χ4v) is 1.71. The fourth-order valence-electron chi connectivity index (χ4n) is 1.71. The molecule has 1 rings (SSSR count). The average Bonchev–Trinajstić information content (AvgIpc) is 2.73. The quantitative estimate of drug-likeness (QED) is 0.675. The molecule has 0 radical (unpaired) electrons. The van der Waals surface area contributed by atoms with Crippen LogP contribution in [0.2, 0.25) is 0 Å². The minimum Gasteiger partial charge on any atom is -0.468 e. The van der Waals surface area contributed by atoms with Crippen LogP contribution < -0.4 is 5.32 Å². The Morgan fingerprint density at radius 2 is 2.27 bits per heavy atom. The van der Waals surface area contributed by atoms with E-state index in [9.17, 15) is 9.59 Å². The molecule has 2 unspecified atom stereocenters. The molecule has 0 saturated carbocycles. The van der Waals surface area contributed by atoms with E-state index in [0.717, 1.165) is 12.8 Å². The SMILES string of the molecule is CCC1OCCC1C(=O)NCC(=O)OC. The van der Waals surface area contributed by atoms with E-state index < -0.39 is 5.97 Å². The summed E-state index contributed by atoms with van der Waals surface area (Å²) in [7, 11) is 1.29. The molecule has 1 fully saturated rings. The Balaban J connectivity index is 2.36. The predicted octanol–water partition coefficient (Wildman–Crippen LogP) is 0.0907. The van der Waals surface area contributed by atoms with Gasteiger partial charge in [0, 0.05) is 6.61 Å². The van der Waals surface area contributed by atoms with Crippen LogP contribution >= 0.6 is 0 Å². The van der Waals surface area contributed by atoms with Gasteiger partial charge in [-0.2, -0.15) is 0 Å². The number of hydrogen-bond donors (Lipinski definition) is 1. The molecule has 0 aromatic carbocycles. The van der Waals surface area contributed by atoms with Gasteiger partial charge in [-0.05, 0) is 12.8 Å². The van der Waals surface area contributed by atoms with E-state index in [1.165, 1.54) is 7.11 Å². The van der Waals surface area contributed by atoms with Crippen molar-refractivity contribution in [2.75, 3.05) is 20.3 Å². The van der Waals surface area contributed by atoms with Gasteiger partial charge in [-0.25, -0.2) is 0 Å². The normalized spacial score (nSPS) is 24.9. The van der Waals surface area contributed by atoms with Crippen LogP contribution in [-0.4, -0.2) is 38.2 Å². The maximum atomic E-state index is 11.6. The lowest BCUT2D eigenvalue weighted by molar-refractivity contribution is -0.141. The number of ether oxygens (including phenoxy) is 2. The van der Waals surface area contributed by atoms with E-state index in [0.29, 0.717) is 6.61 Å². The second-order valence-corrected chi connectivity index (χ2v) is 3.51. The summed E-state index contributed by atoms with van der Waals surface area (Å²) in [5.41, 5.74) is 0. The van der Waals surface area contributed by atoms with Gasteiger partial charge in [0.2, 0.25) is 5.91 Å². The maximum absolute atomic E-state index is 11.6. The Morgan fingerprint density at radius 3 is 2.87 bits per heavy atom. The first-order chi connectivity index (χ1) is 7.19. The molecule has 0 aromatic heterocycles. The van der Waals surface area contributed by atoms with Gasteiger partial charge in [-0.3, -0.25) is 9.59 Å². The van der Waals surface area contributed by atoms with Crippen LogP contribution in [0.25, 0.3) is 0 Å². The van der Waals surface area contributed by atoms with Crippen LogP contribution in [0.3, 0.4) is 0 Å². The monoisotopic (exact) mass is 215 g/mol. The number of hydrogen-bond acceptors (Lipinski definition) is 4. The highest BCUT2D eigenvalue weighted by Gasteiger charge is 2.32.